The standard InChI is InChI=1S/C22H25N3O2/c1-16(2)22(27)23-14-8-13-21-24-18-11-6-7-12-19(18)25(21)15-20(26)17-9-4-3-5-10-17/h3-7,9-12,16H,8,13-15H2,1-2H3,(H,23,27). The summed E-state index contributed by atoms with van der Waals surface area (Å²) in [6.45, 7) is 4.62. The zero-order valence-corrected chi connectivity index (χ0v) is 15.8. The minimum atomic E-state index is -0.0157. The van der Waals surface area contributed by atoms with E-state index >= 15 is 0 Å². The number of aromatic nitrogens is 2. The lowest BCUT2D eigenvalue weighted by atomic mass is 10.1. The third-order valence-corrected chi connectivity index (χ3v) is 4.53. The Morgan fingerprint density at radius 2 is 1.74 bits per heavy atom. The van der Waals surface area contributed by atoms with Gasteiger partial charge in [0.1, 0.15) is 5.82 Å². The minimum absolute atomic E-state index is 0.0157. The maximum Gasteiger partial charge on any atom is 0.222 e. The molecule has 1 aromatic heterocycles. The number of hydrogen-bond donors (Lipinski definition) is 1. The Bertz CT molecular complexity index is 929. The Morgan fingerprint density at radius 3 is 2.48 bits per heavy atom. The van der Waals surface area contributed by atoms with E-state index in [0.29, 0.717) is 18.5 Å². The van der Waals surface area contributed by atoms with E-state index in [1.54, 1.807) is 0 Å². The molecule has 0 aliphatic heterocycles. The third kappa shape index (κ3) is 4.61. The Hall–Kier alpha value is -2.95. The van der Waals surface area contributed by atoms with Crippen molar-refractivity contribution in [3.05, 3.63) is 66.0 Å². The number of para-hydroxylation sites is 2. The number of aryl methyl sites for hydroxylation is 1. The van der Waals surface area contributed by atoms with Gasteiger partial charge in [-0.2, -0.15) is 0 Å². The first-order valence-electron chi connectivity index (χ1n) is 9.36. The summed E-state index contributed by atoms with van der Waals surface area (Å²) in [7, 11) is 0. The first-order valence-corrected chi connectivity index (χ1v) is 9.36. The molecule has 0 aliphatic carbocycles. The molecule has 140 valence electrons. The molecule has 2 aromatic carbocycles. The van der Waals surface area contributed by atoms with Crippen LogP contribution >= 0.6 is 0 Å². The Morgan fingerprint density at radius 1 is 1.04 bits per heavy atom. The number of Topliss-reactive ketones (excluding diaryl/α,β-unsaturated/α-hetero) is 1. The molecule has 5 nitrogen and oxygen atoms in total. The van der Waals surface area contributed by atoms with Crippen molar-refractivity contribution in [2.75, 3.05) is 6.54 Å². The number of benzene rings is 2. The SMILES string of the molecule is CC(C)C(=O)NCCCc1nc2ccccc2n1CC(=O)c1ccccc1. The second kappa shape index (κ2) is 8.62. The van der Waals surface area contributed by atoms with E-state index in [2.05, 4.69) is 5.32 Å². The minimum Gasteiger partial charge on any atom is -0.356 e. The predicted molar refractivity (Wildman–Crippen MR) is 107 cm³/mol. The average molecular weight is 363 g/mol. The largest absolute Gasteiger partial charge is 0.356 e. The number of carbonyl (C=O) groups is 2. The van der Waals surface area contributed by atoms with Crippen LogP contribution in [0, 0.1) is 5.92 Å². The lowest BCUT2D eigenvalue weighted by Gasteiger charge is -2.10. The normalized spacial score (nSPS) is 11.1. The van der Waals surface area contributed by atoms with Gasteiger partial charge in [-0.05, 0) is 18.6 Å². The summed E-state index contributed by atoms with van der Waals surface area (Å²) in [6.07, 6.45) is 1.48. The van der Waals surface area contributed by atoms with Gasteiger partial charge in [-0.1, -0.05) is 56.3 Å². The number of hydrogen-bond acceptors (Lipinski definition) is 3. The first-order chi connectivity index (χ1) is 13.1. The van der Waals surface area contributed by atoms with Gasteiger partial charge in [0.05, 0.1) is 17.6 Å². The fraction of sp³-hybridized carbons (Fsp3) is 0.318. The molecule has 1 N–H and O–H groups in total. The van der Waals surface area contributed by atoms with Gasteiger partial charge >= 0.3 is 0 Å². The number of nitrogens with one attached hydrogen (secondary N) is 1. The maximum atomic E-state index is 12.7. The highest BCUT2D eigenvalue weighted by Crippen LogP contribution is 2.18. The molecule has 0 fully saturated rings. The molecule has 5 heteroatoms. The fourth-order valence-electron chi connectivity index (χ4n) is 3.01. The van der Waals surface area contributed by atoms with E-state index in [-0.39, 0.29) is 24.2 Å². The van der Waals surface area contributed by atoms with E-state index in [0.717, 1.165) is 23.3 Å². The monoisotopic (exact) mass is 363 g/mol. The molecule has 0 aliphatic rings. The Kier molecular flexibility index (Phi) is 6.01. The van der Waals surface area contributed by atoms with Gasteiger partial charge in [0.2, 0.25) is 5.91 Å². The number of nitrogens with zero attached hydrogens (tertiary/aromatic N) is 2. The topological polar surface area (TPSA) is 64.0 Å². The third-order valence-electron chi connectivity index (χ3n) is 4.53. The number of rotatable bonds is 8. The van der Waals surface area contributed by atoms with E-state index < -0.39 is 0 Å². The summed E-state index contributed by atoms with van der Waals surface area (Å²) in [4.78, 5) is 29.1. The second-order valence-electron chi connectivity index (χ2n) is 6.94. The molecule has 0 atom stereocenters. The fourth-order valence-corrected chi connectivity index (χ4v) is 3.01. The lowest BCUT2D eigenvalue weighted by Crippen LogP contribution is -2.29. The number of ketones is 1. The first kappa shape index (κ1) is 18.8. The summed E-state index contributed by atoms with van der Waals surface area (Å²) >= 11 is 0. The molecule has 0 saturated heterocycles. The predicted octanol–water partition coefficient (Wildman–Crippen LogP) is 3.62. The Labute approximate surface area is 159 Å². The molecule has 1 heterocycles. The highest BCUT2D eigenvalue weighted by atomic mass is 16.1. The molecular formula is C22H25N3O2. The van der Waals surface area contributed by atoms with Crippen LogP contribution < -0.4 is 5.32 Å². The number of imidazole rings is 1. The summed E-state index contributed by atoms with van der Waals surface area (Å²) in [5, 5.41) is 2.93. The van der Waals surface area contributed by atoms with Gasteiger partial charge in [-0.15, -0.1) is 0 Å². The molecule has 27 heavy (non-hydrogen) atoms. The van der Waals surface area contributed by atoms with Gasteiger partial charge in [-0.3, -0.25) is 9.59 Å². The van der Waals surface area contributed by atoms with E-state index in [4.69, 9.17) is 4.98 Å². The molecule has 1 amide bonds. The zero-order chi connectivity index (χ0) is 19.2. The molecular weight excluding hydrogens is 338 g/mol. The summed E-state index contributed by atoms with van der Waals surface area (Å²) in [5.41, 5.74) is 2.55. The zero-order valence-electron chi connectivity index (χ0n) is 15.8. The molecule has 0 radical (unpaired) electrons. The van der Waals surface area contributed by atoms with Crippen molar-refractivity contribution in [1.82, 2.24) is 14.9 Å². The highest BCUT2D eigenvalue weighted by molar-refractivity contribution is 5.96. The van der Waals surface area contributed by atoms with Crippen molar-refractivity contribution in [2.45, 2.75) is 33.2 Å². The van der Waals surface area contributed by atoms with Crippen LogP contribution in [0.15, 0.2) is 54.6 Å². The van der Waals surface area contributed by atoms with Gasteiger partial charge in [0.15, 0.2) is 5.78 Å². The number of fused-ring (bicyclic) bond motifs is 1. The van der Waals surface area contributed by atoms with Gasteiger partial charge in [0.25, 0.3) is 0 Å². The van der Waals surface area contributed by atoms with Crippen LogP contribution in [0.25, 0.3) is 11.0 Å². The van der Waals surface area contributed by atoms with Crippen molar-refractivity contribution in [3.8, 4) is 0 Å². The van der Waals surface area contributed by atoms with E-state index in [9.17, 15) is 9.59 Å². The van der Waals surface area contributed by atoms with Crippen molar-refractivity contribution in [2.24, 2.45) is 5.92 Å². The van der Waals surface area contributed by atoms with Crippen LogP contribution in [0.2, 0.25) is 0 Å². The molecule has 0 bridgehead atoms. The number of amides is 1. The summed E-state index contributed by atoms with van der Waals surface area (Å²) in [6, 6.07) is 17.2. The van der Waals surface area contributed by atoms with Crippen LogP contribution in [-0.4, -0.2) is 27.8 Å². The van der Waals surface area contributed by atoms with E-state index in [1.165, 1.54) is 0 Å². The van der Waals surface area contributed by atoms with Crippen LogP contribution in [0.1, 0.15) is 36.5 Å². The maximum absolute atomic E-state index is 12.7. The van der Waals surface area contributed by atoms with Gasteiger partial charge in [-0.25, -0.2) is 4.98 Å². The Balaban J connectivity index is 1.75. The van der Waals surface area contributed by atoms with E-state index in [1.807, 2.05) is 73.0 Å². The second-order valence-corrected chi connectivity index (χ2v) is 6.94. The number of carbonyl (C=O) groups excluding carboxylic acids is 2. The molecule has 0 unspecified atom stereocenters. The molecule has 0 saturated carbocycles. The summed E-state index contributed by atoms with van der Waals surface area (Å²) < 4.78 is 1.99. The lowest BCUT2D eigenvalue weighted by molar-refractivity contribution is -0.123. The van der Waals surface area contributed by atoms with Crippen molar-refractivity contribution >= 4 is 22.7 Å². The van der Waals surface area contributed by atoms with Crippen molar-refractivity contribution in [1.29, 1.82) is 0 Å². The van der Waals surface area contributed by atoms with Crippen LogP contribution in [0.3, 0.4) is 0 Å². The molecule has 0 spiro atoms. The van der Waals surface area contributed by atoms with Gasteiger partial charge < -0.3 is 9.88 Å². The van der Waals surface area contributed by atoms with Crippen LogP contribution in [-0.2, 0) is 17.8 Å². The molecule has 3 rings (SSSR count). The van der Waals surface area contributed by atoms with Gasteiger partial charge in [0, 0.05) is 24.4 Å². The van der Waals surface area contributed by atoms with Crippen molar-refractivity contribution < 1.29 is 9.59 Å². The highest BCUT2D eigenvalue weighted by Gasteiger charge is 2.14. The van der Waals surface area contributed by atoms with Crippen molar-refractivity contribution in [3.63, 3.8) is 0 Å². The molecule has 3 aromatic rings. The van der Waals surface area contributed by atoms with Crippen LogP contribution in [0.4, 0.5) is 0 Å². The van der Waals surface area contributed by atoms with Crippen LogP contribution in [0.5, 0.6) is 0 Å². The smallest absolute Gasteiger partial charge is 0.222 e. The summed E-state index contributed by atoms with van der Waals surface area (Å²) in [5.74, 6) is 0.980. The average Bonchev–Trinajstić information content (AvgIpc) is 3.03. The quantitative estimate of drug-likeness (QED) is 0.491.